The molecule has 1 N–H and O–H groups in total. The van der Waals surface area contributed by atoms with Crippen molar-refractivity contribution < 1.29 is 18.3 Å². The summed E-state index contributed by atoms with van der Waals surface area (Å²) in [7, 11) is 0. The second-order valence-corrected chi connectivity index (χ2v) is 10.8. The molecule has 1 fully saturated rings. The molecule has 33 heavy (non-hydrogen) atoms. The minimum atomic E-state index is -4.45. The Kier molecular flexibility index (Phi) is 6.33. The average molecular weight is 590 g/mol. The lowest BCUT2D eigenvalue weighted by atomic mass is 9.81. The zero-order valence-corrected chi connectivity index (χ0v) is 22.0. The molecule has 0 bridgehead atoms. The summed E-state index contributed by atoms with van der Waals surface area (Å²) in [4.78, 5) is 11.7. The SMILES string of the molecule is Cc1nc(N2CCC(C)(CO)CC2)c2c(C)c(C)n(-c3c(Br)cc(C(F)(F)F)cc3Br)c2n1. The number of halogens is 5. The fourth-order valence-corrected chi connectivity index (χ4v) is 5.95. The lowest BCUT2D eigenvalue weighted by Gasteiger charge is -2.39. The molecule has 2 aromatic heterocycles. The highest BCUT2D eigenvalue weighted by Crippen LogP contribution is 2.42. The lowest BCUT2D eigenvalue weighted by molar-refractivity contribution is -0.137. The third-order valence-corrected chi connectivity index (χ3v) is 7.88. The van der Waals surface area contributed by atoms with Gasteiger partial charge in [-0.05, 0) is 88.6 Å². The van der Waals surface area contributed by atoms with Crippen LogP contribution >= 0.6 is 31.9 Å². The first-order valence-corrected chi connectivity index (χ1v) is 12.2. The number of alkyl halides is 3. The van der Waals surface area contributed by atoms with E-state index in [0.717, 1.165) is 60.5 Å². The predicted octanol–water partition coefficient (Wildman–Crippen LogP) is 6.49. The summed E-state index contributed by atoms with van der Waals surface area (Å²) in [5.41, 5.74) is 2.25. The van der Waals surface area contributed by atoms with Crippen LogP contribution < -0.4 is 4.90 Å². The Balaban J connectivity index is 1.91. The first kappa shape index (κ1) is 24.5. The van der Waals surface area contributed by atoms with Gasteiger partial charge in [-0.2, -0.15) is 13.2 Å². The monoisotopic (exact) mass is 588 g/mol. The molecule has 178 valence electrons. The quantitative estimate of drug-likeness (QED) is 0.379. The van der Waals surface area contributed by atoms with Crippen molar-refractivity contribution in [3.8, 4) is 5.69 Å². The van der Waals surface area contributed by atoms with Crippen LogP contribution in [0.25, 0.3) is 16.7 Å². The molecule has 3 aromatic rings. The van der Waals surface area contributed by atoms with Crippen LogP contribution in [0.4, 0.5) is 19.0 Å². The van der Waals surface area contributed by atoms with Gasteiger partial charge in [0.15, 0.2) is 5.65 Å². The second kappa shape index (κ2) is 8.53. The number of hydrogen-bond donors (Lipinski definition) is 1. The first-order chi connectivity index (χ1) is 15.4. The fourth-order valence-electron chi connectivity index (χ4n) is 4.41. The van der Waals surface area contributed by atoms with Crippen LogP contribution in [0.3, 0.4) is 0 Å². The largest absolute Gasteiger partial charge is 0.416 e. The van der Waals surface area contributed by atoms with E-state index in [2.05, 4.69) is 43.7 Å². The van der Waals surface area contributed by atoms with Crippen molar-refractivity contribution in [3.63, 3.8) is 0 Å². The summed E-state index contributed by atoms with van der Waals surface area (Å²) in [5, 5.41) is 10.6. The number of aromatic nitrogens is 3. The Labute approximate surface area is 207 Å². The summed E-state index contributed by atoms with van der Waals surface area (Å²) < 4.78 is 42.5. The van der Waals surface area contributed by atoms with Gasteiger partial charge in [0, 0.05) is 34.3 Å². The number of nitrogens with zero attached hydrogens (tertiary/aromatic N) is 4. The van der Waals surface area contributed by atoms with Crippen molar-refractivity contribution in [2.45, 2.75) is 46.7 Å². The molecule has 0 radical (unpaired) electrons. The average Bonchev–Trinajstić information content (AvgIpc) is 2.97. The highest BCUT2D eigenvalue weighted by molar-refractivity contribution is 9.11. The number of piperidine rings is 1. The van der Waals surface area contributed by atoms with Crippen LogP contribution in [-0.2, 0) is 6.18 Å². The van der Waals surface area contributed by atoms with Gasteiger partial charge in [0.2, 0.25) is 0 Å². The molecule has 5 nitrogen and oxygen atoms in total. The van der Waals surface area contributed by atoms with Gasteiger partial charge in [0.25, 0.3) is 0 Å². The van der Waals surface area contributed by atoms with Crippen LogP contribution in [0.1, 0.15) is 42.4 Å². The molecule has 10 heteroatoms. The van der Waals surface area contributed by atoms with Crippen molar-refractivity contribution in [2.24, 2.45) is 5.41 Å². The molecular formula is C23H25Br2F3N4O. The normalized spacial score (nSPS) is 16.6. The van der Waals surface area contributed by atoms with E-state index in [-0.39, 0.29) is 12.0 Å². The van der Waals surface area contributed by atoms with Crippen molar-refractivity contribution in [1.29, 1.82) is 0 Å². The van der Waals surface area contributed by atoms with Crippen LogP contribution in [-0.4, -0.2) is 39.3 Å². The number of aryl methyl sites for hydroxylation is 2. The van der Waals surface area contributed by atoms with E-state index in [1.807, 2.05) is 25.3 Å². The van der Waals surface area contributed by atoms with E-state index < -0.39 is 11.7 Å². The molecule has 4 rings (SSSR count). The van der Waals surface area contributed by atoms with E-state index in [1.165, 1.54) is 0 Å². The fraction of sp³-hybridized carbons (Fsp3) is 0.478. The molecule has 1 saturated heterocycles. The minimum absolute atomic E-state index is 0.0927. The molecule has 0 unspecified atom stereocenters. The van der Waals surface area contributed by atoms with Crippen molar-refractivity contribution in [1.82, 2.24) is 14.5 Å². The summed E-state index contributed by atoms with van der Waals surface area (Å²) in [6.45, 7) is 9.53. The maximum atomic E-state index is 13.3. The van der Waals surface area contributed by atoms with Gasteiger partial charge in [-0.3, -0.25) is 4.57 Å². The predicted molar refractivity (Wildman–Crippen MR) is 130 cm³/mol. The summed E-state index contributed by atoms with van der Waals surface area (Å²) >= 11 is 6.72. The highest BCUT2D eigenvalue weighted by atomic mass is 79.9. The standard InChI is InChI=1S/C23H25Br2F3N4O/c1-12-13(2)32(19-16(24)9-15(10-17(19)25)23(26,27)28)21-18(12)20(29-14(3)30-21)31-7-5-22(4,11-33)6-8-31/h9-10,33H,5-8,11H2,1-4H3. The molecule has 0 spiro atoms. The van der Waals surface area contributed by atoms with Crippen LogP contribution in [0.15, 0.2) is 21.1 Å². The van der Waals surface area contributed by atoms with Crippen molar-refractivity contribution in [2.75, 3.05) is 24.6 Å². The summed E-state index contributed by atoms with van der Waals surface area (Å²) in [5.74, 6) is 1.42. The number of anilines is 1. The molecule has 1 aromatic carbocycles. The van der Waals surface area contributed by atoms with E-state index in [1.54, 1.807) is 0 Å². The second-order valence-electron chi connectivity index (χ2n) is 9.08. The van der Waals surface area contributed by atoms with E-state index in [0.29, 0.717) is 26.1 Å². The molecule has 0 saturated carbocycles. The van der Waals surface area contributed by atoms with Gasteiger partial charge in [0.05, 0.1) is 16.6 Å². The number of fused-ring (bicyclic) bond motifs is 1. The van der Waals surface area contributed by atoms with Crippen molar-refractivity contribution in [3.05, 3.63) is 43.7 Å². The Morgan fingerprint density at radius 3 is 2.15 bits per heavy atom. The molecule has 0 aliphatic carbocycles. The van der Waals surface area contributed by atoms with E-state index >= 15 is 0 Å². The van der Waals surface area contributed by atoms with Gasteiger partial charge in [0.1, 0.15) is 11.6 Å². The van der Waals surface area contributed by atoms with Gasteiger partial charge >= 0.3 is 6.18 Å². The number of rotatable bonds is 3. The van der Waals surface area contributed by atoms with Crippen LogP contribution in [0.5, 0.6) is 0 Å². The summed E-state index contributed by atoms with van der Waals surface area (Å²) in [6.07, 6.45) is -2.75. The van der Waals surface area contributed by atoms with Gasteiger partial charge in [-0.25, -0.2) is 9.97 Å². The number of hydrogen-bond acceptors (Lipinski definition) is 4. The molecule has 0 amide bonds. The maximum absolute atomic E-state index is 13.3. The van der Waals surface area contributed by atoms with Gasteiger partial charge in [-0.1, -0.05) is 6.92 Å². The zero-order chi connectivity index (χ0) is 24.3. The number of benzene rings is 1. The zero-order valence-electron chi connectivity index (χ0n) is 18.8. The third kappa shape index (κ3) is 4.30. The Morgan fingerprint density at radius 2 is 1.64 bits per heavy atom. The van der Waals surface area contributed by atoms with Crippen LogP contribution in [0.2, 0.25) is 0 Å². The topological polar surface area (TPSA) is 54.2 Å². The van der Waals surface area contributed by atoms with Gasteiger partial charge in [-0.15, -0.1) is 0 Å². The first-order valence-electron chi connectivity index (χ1n) is 10.6. The number of aliphatic hydroxyl groups excluding tert-OH is 1. The van der Waals surface area contributed by atoms with E-state index in [4.69, 9.17) is 9.97 Å². The number of aliphatic hydroxyl groups is 1. The third-order valence-electron chi connectivity index (χ3n) is 6.67. The molecule has 1 aliphatic rings. The van der Waals surface area contributed by atoms with Gasteiger partial charge < -0.3 is 10.0 Å². The van der Waals surface area contributed by atoms with Crippen molar-refractivity contribution >= 4 is 48.7 Å². The molecule has 0 atom stereocenters. The van der Waals surface area contributed by atoms with Crippen LogP contribution in [0, 0.1) is 26.2 Å². The minimum Gasteiger partial charge on any atom is -0.396 e. The molecule has 1 aliphatic heterocycles. The highest BCUT2D eigenvalue weighted by Gasteiger charge is 2.34. The lowest BCUT2D eigenvalue weighted by Crippen LogP contribution is -2.41. The van der Waals surface area contributed by atoms with E-state index in [9.17, 15) is 18.3 Å². The Bertz CT molecular complexity index is 1210. The maximum Gasteiger partial charge on any atom is 0.416 e. The molecule has 3 heterocycles. The Hall–Kier alpha value is -1.65. The smallest absolute Gasteiger partial charge is 0.396 e. The Morgan fingerprint density at radius 1 is 1.06 bits per heavy atom. The summed E-state index contributed by atoms with van der Waals surface area (Å²) in [6, 6.07) is 2.19. The molecular weight excluding hydrogens is 565 g/mol.